The van der Waals surface area contributed by atoms with E-state index in [1.54, 1.807) is 0 Å². The van der Waals surface area contributed by atoms with Gasteiger partial charge in [0.2, 0.25) is 5.91 Å². The number of nitrogens with one attached hydrogen (secondary N) is 2. The van der Waals surface area contributed by atoms with Crippen molar-refractivity contribution in [2.75, 3.05) is 13.1 Å². The first-order valence-corrected chi connectivity index (χ1v) is 8.30. The van der Waals surface area contributed by atoms with Gasteiger partial charge in [-0.25, -0.2) is 0 Å². The molecule has 1 heterocycles. The van der Waals surface area contributed by atoms with E-state index in [1.165, 1.54) is 38.5 Å². The number of amides is 1. The first-order chi connectivity index (χ1) is 9.29. The molecule has 2 rings (SSSR count). The molecule has 3 heteroatoms. The van der Waals surface area contributed by atoms with Crippen molar-refractivity contribution in [2.24, 2.45) is 11.8 Å². The Balaban J connectivity index is 1.67. The van der Waals surface area contributed by atoms with Crippen molar-refractivity contribution >= 4 is 5.91 Å². The molecule has 1 unspecified atom stereocenters. The first-order valence-electron chi connectivity index (χ1n) is 8.30. The van der Waals surface area contributed by atoms with Gasteiger partial charge in [-0.1, -0.05) is 26.2 Å². The van der Waals surface area contributed by atoms with Crippen molar-refractivity contribution in [2.45, 2.75) is 70.8 Å². The maximum Gasteiger partial charge on any atom is 0.223 e. The highest BCUT2D eigenvalue weighted by molar-refractivity contribution is 5.79. The summed E-state index contributed by atoms with van der Waals surface area (Å²) >= 11 is 0. The molecule has 0 aromatic rings. The maximum atomic E-state index is 12.2. The third-order valence-electron chi connectivity index (χ3n) is 4.83. The fourth-order valence-electron chi connectivity index (χ4n) is 3.50. The van der Waals surface area contributed by atoms with Crippen LogP contribution in [0.5, 0.6) is 0 Å². The molecular weight excluding hydrogens is 236 g/mol. The lowest BCUT2D eigenvalue weighted by Crippen LogP contribution is -2.47. The lowest BCUT2D eigenvalue weighted by molar-refractivity contribution is -0.127. The van der Waals surface area contributed by atoms with Crippen molar-refractivity contribution in [1.82, 2.24) is 10.6 Å². The fourth-order valence-corrected chi connectivity index (χ4v) is 3.50. The van der Waals surface area contributed by atoms with Gasteiger partial charge in [-0.15, -0.1) is 0 Å². The van der Waals surface area contributed by atoms with E-state index in [1.807, 2.05) is 0 Å². The Morgan fingerprint density at radius 2 is 2.00 bits per heavy atom. The molecule has 1 aliphatic carbocycles. The van der Waals surface area contributed by atoms with Crippen LogP contribution < -0.4 is 10.6 Å². The van der Waals surface area contributed by atoms with Gasteiger partial charge in [0.05, 0.1) is 0 Å². The van der Waals surface area contributed by atoms with Gasteiger partial charge in [0.15, 0.2) is 0 Å². The summed E-state index contributed by atoms with van der Waals surface area (Å²) in [7, 11) is 0. The van der Waals surface area contributed by atoms with Crippen LogP contribution in [0.15, 0.2) is 0 Å². The molecule has 19 heavy (non-hydrogen) atoms. The van der Waals surface area contributed by atoms with E-state index >= 15 is 0 Å². The van der Waals surface area contributed by atoms with Crippen LogP contribution >= 0.6 is 0 Å². The monoisotopic (exact) mass is 266 g/mol. The zero-order valence-electron chi connectivity index (χ0n) is 12.4. The predicted molar refractivity (Wildman–Crippen MR) is 79.0 cm³/mol. The van der Waals surface area contributed by atoms with Crippen LogP contribution in [0.25, 0.3) is 0 Å². The number of piperidine rings is 1. The summed E-state index contributed by atoms with van der Waals surface area (Å²) in [5, 5.41) is 6.60. The molecule has 0 aromatic heterocycles. The maximum absolute atomic E-state index is 12.2. The highest BCUT2D eigenvalue weighted by Crippen LogP contribution is 2.32. The number of hydrogen-bond acceptors (Lipinski definition) is 2. The van der Waals surface area contributed by atoms with E-state index in [0.717, 1.165) is 38.3 Å². The molecule has 2 N–H and O–H groups in total. The minimum atomic E-state index is 0.291. The molecule has 2 fully saturated rings. The van der Waals surface area contributed by atoms with E-state index in [-0.39, 0.29) is 0 Å². The van der Waals surface area contributed by atoms with Crippen molar-refractivity contribution in [1.29, 1.82) is 0 Å². The molecule has 0 aromatic carbocycles. The van der Waals surface area contributed by atoms with Gasteiger partial charge in [-0.3, -0.25) is 4.79 Å². The van der Waals surface area contributed by atoms with E-state index in [4.69, 9.17) is 0 Å². The molecule has 1 saturated carbocycles. The summed E-state index contributed by atoms with van der Waals surface area (Å²) < 4.78 is 0. The number of unbranched alkanes of at least 4 members (excludes halogenated alkanes) is 1. The molecule has 3 nitrogen and oxygen atoms in total. The van der Waals surface area contributed by atoms with Gasteiger partial charge in [0, 0.05) is 18.5 Å². The van der Waals surface area contributed by atoms with Crippen molar-refractivity contribution in [3.8, 4) is 0 Å². The van der Waals surface area contributed by atoms with Crippen LogP contribution in [0.1, 0.15) is 64.7 Å². The molecule has 0 spiro atoms. The molecule has 2 aliphatic rings. The summed E-state index contributed by atoms with van der Waals surface area (Å²) in [4.78, 5) is 12.2. The predicted octanol–water partition coefficient (Wildman–Crippen LogP) is 2.85. The van der Waals surface area contributed by atoms with Crippen molar-refractivity contribution < 1.29 is 4.79 Å². The van der Waals surface area contributed by atoms with Gasteiger partial charge in [-0.05, 0) is 51.0 Å². The average molecular weight is 266 g/mol. The number of carbonyl (C=O) groups is 1. The average Bonchev–Trinajstić information content (AvgIpc) is 2.46. The zero-order valence-corrected chi connectivity index (χ0v) is 12.4. The van der Waals surface area contributed by atoms with E-state index in [9.17, 15) is 4.79 Å². The van der Waals surface area contributed by atoms with Gasteiger partial charge >= 0.3 is 0 Å². The molecule has 1 aliphatic heterocycles. The van der Waals surface area contributed by atoms with Crippen LogP contribution in [0.2, 0.25) is 0 Å². The Labute approximate surface area is 117 Å². The number of carbonyl (C=O) groups excluding carboxylic acids is 1. The van der Waals surface area contributed by atoms with Crippen molar-refractivity contribution in [3.05, 3.63) is 0 Å². The summed E-state index contributed by atoms with van der Waals surface area (Å²) in [5.74, 6) is 1.50. The van der Waals surface area contributed by atoms with Crippen LogP contribution in [0.4, 0.5) is 0 Å². The molecule has 0 bridgehead atoms. The SMILES string of the molecule is CCCCC1CCC(C(=O)NC2CCCNC2)CC1. The topological polar surface area (TPSA) is 41.1 Å². The zero-order chi connectivity index (χ0) is 13.5. The molecule has 1 saturated heterocycles. The van der Waals surface area contributed by atoms with E-state index in [0.29, 0.717) is 17.9 Å². The highest BCUT2D eigenvalue weighted by atomic mass is 16.1. The Morgan fingerprint density at radius 3 is 2.63 bits per heavy atom. The molecular formula is C16H30N2O. The minimum Gasteiger partial charge on any atom is -0.352 e. The summed E-state index contributed by atoms with van der Waals surface area (Å²) in [6.45, 7) is 4.32. The first kappa shape index (κ1) is 14.8. The second-order valence-corrected chi connectivity index (χ2v) is 6.41. The molecule has 1 amide bonds. The van der Waals surface area contributed by atoms with Gasteiger partial charge in [0.1, 0.15) is 0 Å². The van der Waals surface area contributed by atoms with Crippen LogP contribution in [-0.4, -0.2) is 25.0 Å². The summed E-state index contributed by atoms with van der Waals surface area (Å²) in [6.07, 6.45) is 11.1. The molecule has 1 atom stereocenters. The summed E-state index contributed by atoms with van der Waals surface area (Å²) in [5.41, 5.74) is 0. The second-order valence-electron chi connectivity index (χ2n) is 6.41. The third kappa shape index (κ3) is 4.79. The third-order valence-corrected chi connectivity index (χ3v) is 4.83. The largest absolute Gasteiger partial charge is 0.352 e. The van der Waals surface area contributed by atoms with Crippen LogP contribution in [0.3, 0.4) is 0 Å². The number of hydrogen-bond donors (Lipinski definition) is 2. The number of rotatable bonds is 5. The van der Waals surface area contributed by atoms with E-state index < -0.39 is 0 Å². The summed E-state index contributed by atoms with van der Waals surface area (Å²) in [6, 6.07) is 0.374. The molecule has 110 valence electrons. The fraction of sp³-hybridized carbons (Fsp3) is 0.938. The Kier molecular flexibility index (Phi) is 6.15. The van der Waals surface area contributed by atoms with Gasteiger partial charge in [0.25, 0.3) is 0 Å². The lowest BCUT2D eigenvalue weighted by Gasteiger charge is -2.30. The smallest absolute Gasteiger partial charge is 0.223 e. The standard InChI is InChI=1S/C16H30N2O/c1-2-3-5-13-7-9-14(10-8-13)16(19)18-15-6-4-11-17-12-15/h13-15,17H,2-12H2,1H3,(H,18,19). The van der Waals surface area contributed by atoms with Crippen molar-refractivity contribution in [3.63, 3.8) is 0 Å². The highest BCUT2D eigenvalue weighted by Gasteiger charge is 2.27. The van der Waals surface area contributed by atoms with E-state index in [2.05, 4.69) is 17.6 Å². The minimum absolute atomic E-state index is 0.291. The van der Waals surface area contributed by atoms with Gasteiger partial charge in [-0.2, -0.15) is 0 Å². The Bertz CT molecular complexity index is 266. The normalized spacial score (nSPS) is 31.9. The van der Waals surface area contributed by atoms with Crippen LogP contribution in [0, 0.1) is 11.8 Å². The second kappa shape index (κ2) is 7.88. The molecule has 0 radical (unpaired) electrons. The Hall–Kier alpha value is -0.570. The van der Waals surface area contributed by atoms with Crippen LogP contribution in [-0.2, 0) is 4.79 Å². The van der Waals surface area contributed by atoms with Gasteiger partial charge < -0.3 is 10.6 Å². The lowest BCUT2D eigenvalue weighted by atomic mass is 9.79. The quantitative estimate of drug-likeness (QED) is 0.803. The Morgan fingerprint density at radius 1 is 1.21 bits per heavy atom.